The van der Waals surface area contributed by atoms with E-state index in [2.05, 4.69) is 15.5 Å². The number of carbonyl (C=O) groups is 2. The van der Waals surface area contributed by atoms with Crippen molar-refractivity contribution in [3.05, 3.63) is 42.2 Å². The Bertz CT molecular complexity index is 684. The quantitative estimate of drug-likeness (QED) is 0.880. The van der Waals surface area contributed by atoms with Gasteiger partial charge in [-0.05, 0) is 12.1 Å². The molecule has 22 heavy (non-hydrogen) atoms. The molecule has 1 aromatic heterocycles. The van der Waals surface area contributed by atoms with Crippen molar-refractivity contribution in [2.24, 2.45) is 0 Å². The molecule has 0 saturated carbocycles. The van der Waals surface area contributed by atoms with E-state index in [1.54, 1.807) is 18.1 Å². The number of aromatic nitrogens is 2. The first kappa shape index (κ1) is 14.1. The minimum Gasteiger partial charge on any atom is -0.495 e. The Morgan fingerprint density at radius 1 is 1.45 bits per heavy atom. The molecule has 2 aromatic rings. The summed E-state index contributed by atoms with van der Waals surface area (Å²) in [6, 6.07) is 7.10. The number of amides is 2. The lowest BCUT2D eigenvalue weighted by Crippen LogP contribution is -2.37. The highest BCUT2D eigenvalue weighted by Crippen LogP contribution is 2.30. The smallest absolute Gasteiger partial charge is 0.254 e. The summed E-state index contributed by atoms with van der Waals surface area (Å²) in [5.74, 6) is 0.355. The molecule has 2 heterocycles. The summed E-state index contributed by atoms with van der Waals surface area (Å²) < 4.78 is 5.29. The lowest BCUT2D eigenvalue weighted by molar-refractivity contribution is -0.117. The van der Waals surface area contributed by atoms with Crippen molar-refractivity contribution < 1.29 is 14.3 Å². The molecule has 1 aliphatic heterocycles. The maximum Gasteiger partial charge on any atom is 0.254 e. The standard InChI is InChI=1S/C15H16N4O3/c1-22-13-5-3-2-4-12(13)19-9-11(6-14(19)20)18-15(21)10-7-16-17-8-10/h2-5,7-8,11H,6,9H2,1H3,(H,16,17)(H,18,21). The predicted molar refractivity (Wildman–Crippen MR) is 79.8 cm³/mol. The number of para-hydroxylation sites is 2. The summed E-state index contributed by atoms with van der Waals surface area (Å²) in [6.07, 6.45) is 3.23. The Morgan fingerprint density at radius 2 is 2.27 bits per heavy atom. The third kappa shape index (κ3) is 2.65. The van der Waals surface area contributed by atoms with Crippen molar-refractivity contribution in [3.63, 3.8) is 0 Å². The molecule has 1 unspecified atom stereocenters. The highest BCUT2D eigenvalue weighted by Gasteiger charge is 2.33. The maximum absolute atomic E-state index is 12.2. The van der Waals surface area contributed by atoms with Gasteiger partial charge in [0.05, 0.1) is 30.6 Å². The second-order valence-corrected chi connectivity index (χ2v) is 5.04. The zero-order valence-corrected chi connectivity index (χ0v) is 12.1. The molecule has 2 N–H and O–H groups in total. The molecule has 0 radical (unpaired) electrons. The minimum absolute atomic E-state index is 0.0398. The van der Waals surface area contributed by atoms with Crippen LogP contribution in [0.5, 0.6) is 5.75 Å². The number of hydrogen-bond acceptors (Lipinski definition) is 4. The number of carbonyl (C=O) groups excluding carboxylic acids is 2. The Kier molecular flexibility index (Phi) is 3.78. The van der Waals surface area contributed by atoms with Gasteiger partial charge in [-0.3, -0.25) is 14.7 Å². The Hall–Kier alpha value is -2.83. The number of hydrogen-bond donors (Lipinski definition) is 2. The maximum atomic E-state index is 12.2. The summed E-state index contributed by atoms with van der Waals surface area (Å²) in [6.45, 7) is 0.419. The number of H-pyrrole nitrogens is 1. The van der Waals surface area contributed by atoms with Crippen molar-refractivity contribution in [1.29, 1.82) is 0 Å². The molecular formula is C15H16N4O3. The summed E-state index contributed by atoms with van der Waals surface area (Å²) in [5, 5.41) is 9.17. The summed E-state index contributed by atoms with van der Waals surface area (Å²) in [4.78, 5) is 25.9. The van der Waals surface area contributed by atoms with Gasteiger partial charge in [-0.1, -0.05) is 12.1 Å². The summed E-state index contributed by atoms with van der Waals surface area (Å²) in [5.41, 5.74) is 1.17. The second-order valence-electron chi connectivity index (χ2n) is 5.04. The second kappa shape index (κ2) is 5.88. The number of aromatic amines is 1. The SMILES string of the molecule is COc1ccccc1N1CC(NC(=O)c2cn[nH]c2)CC1=O. The van der Waals surface area contributed by atoms with Gasteiger partial charge in [-0.25, -0.2) is 0 Å². The van der Waals surface area contributed by atoms with Crippen molar-refractivity contribution in [1.82, 2.24) is 15.5 Å². The lowest BCUT2D eigenvalue weighted by atomic mass is 10.2. The molecule has 1 fully saturated rings. The van der Waals surface area contributed by atoms with Gasteiger partial charge in [0.15, 0.2) is 0 Å². The molecule has 1 aromatic carbocycles. The van der Waals surface area contributed by atoms with E-state index >= 15 is 0 Å². The van der Waals surface area contributed by atoms with E-state index in [0.29, 0.717) is 17.9 Å². The van der Waals surface area contributed by atoms with E-state index in [1.165, 1.54) is 12.4 Å². The minimum atomic E-state index is -0.242. The van der Waals surface area contributed by atoms with Crippen molar-refractivity contribution in [3.8, 4) is 5.75 Å². The molecule has 0 spiro atoms. The van der Waals surface area contributed by atoms with Gasteiger partial charge in [0, 0.05) is 19.2 Å². The number of methoxy groups -OCH3 is 1. The largest absolute Gasteiger partial charge is 0.495 e. The van der Waals surface area contributed by atoms with E-state index in [9.17, 15) is 9.59 Å². The van der Waals surface area contributed by atoms with E-state index in [1.807, 2.05) is 18.2 Å². The zero-order valence-electron chi connectivity index (χ0n) is 12.1. The van der Waals surface area contributed by atoms with Crippen LogP contribution < -0.4 is 15.0 Å². The fourth-order valence-corrected chi connectivity index (χ4v) is 2.53. The van der Waals surface area contributed by atoms with Crippen LogP contribution in [0.3, 0.4) is 0 Å². The van der Waals surface area contributed by atoms with E-state index < -0.39 is 0 Å². The zero-order chi connectivity index (χ0) is 15.5. The van der Waals surface area contributed by atoms with Crippen molar-refractivity contribution >= 4 is 17.5 Å². The topological polar surface area (TPSA) is 87.3 Å². The average molecular weight is 300 g/mol. The van der Waals surface area contributed by atoms with Crippen LogP contribution in [0.4, 0.5) is 5.69 Å². The van der Waals surface area contributed by atoms with Crippen LogP contribution in [0.1, 0.15) is 16.8 Å². The van der Waals surface area contributed by atoms with Crippen molar-refractivity contribution in [2.75, 3.05) is 18.6 Å². The third-order valence-corrected chi connectivity index (χ3v) is 3.60. The van der Waals surface area contributed by atoms with Gasteiger partial charge in [-0.2, -0.15) is 5.10 Å². The van der Waals surface area contributed by atoms with Gasteiger partial charge in [-0.15, -0.1) is 0 Å². The van der Waals surface area contributed by atoms with E-state index in [0.717, 1.165) is 5.69 Å². The molecule has 7 nitrogen and oxygen atoms in total. The first-order valence-corrected chi connectivity index (χ1v) is 6.92. The molecule has 114 valence electrons. The Balaban J connectivity index is 1.72. The molecular weight excluding hydrogens is 284 g/mol. The molecule has 1 saturated heterocycles. The van der Waals surface area contributed by atoms with Crippen LogP contribution in [0.15, 0.2) is 36.7 Å². The fraction of sp³-hybridized carbons (Fsp3) is 0.267. The van der Waals surface area contributed by atoms with Gasteiger partial charge < -0.3 is 15.0 Å². The van der Waals surface area contributed by atoms with Crippen LogP contribution in [-0.4, -0.2) is 41.7 Å². The number of nitrogens with zero attached hydrogens (tertiary/aromatic N) is 2. The van der Waals surface area contributed by atoms with Crippen LogP contribution in [0.25, 0.3) is 0 Å². The predicted octanol–water partition coefficient (Wildman–Crippen LogP) is 0.954. The van der Waals surface area contributed by atoms with Crippen LogP contribution in [-0.2, 0) is 4.79 Å². The fourth-order valence-electron chi connectivity index (χ4n) is 2.53. The van der Waals surface area contributed by atoms with Crippen LogP contribution in [0.2, 0.25) is 0 Å². The number of ether oxygens (including phenoxy) is 1. The monoisotopic (exact) mass is 300 g/mol. The molecule has 7 heteroatoms. The first-order chi connectivity index (χ1) is 10.7. The van der Waals surface area contributed by atoms with E-state index in [-0.39, 0.29) is 24.3 Å². The van der Waals surface area contributed by atoms with Gasteiger partial charge >= 0.3 is 0 Å². The first-order valence-electron chi connectivity index (χ1n) is 6.92. The Morgan fingerprint density at radius 3 is 3.00 bits per heavy atom. The molecule has 0 bridgehead atoms. The summed E-state index contributed by atoms with van der Waals surface area (Å²) >= 11 is 0. The molecule has 0 aliphatic carbocycles. The molecule has 3 rings (SSSR count). The number of nitrogens with one attached hydrogen (secondary N) is 2. The number of anilines is 1. The van der Waals surface area contributed by atoms with Crippen LogP contribution in [0, 0.1) is 0 Å². The molecule has 2 amide bonds. The summed E-state index contributed by atoms with van der Waals surface area (Å²) in [7, 11) is 1.57. The van der Waals surface area contributed by atoms with E-state index in [4.69, 9.17) is 4.74 Å². The molecule has 1 aliphatic rings. The van der Waals surface area contributed by atoms with Crippen LogP contribution >= 0.6 is 0 Å². The number of rotatable bonds is 4. The van der Waals surface area contributed by atoms with Gasteiger partial charge in [0.25, 0.3) is 5.91 Å². The third-order valence-electron chi connectivity index (χ3n) is 3.60. The van der Waals surface area contributed by atoms with Crippen molar-refractivity contribution in [2.45, 2.75) is 12.5 Å². The Labute approximate surface area is 127 Å². The highest BCUT2D eigenvalue weighted by atomic mass is 16.5. The normalized spacial score (nSPS) is 17.6. The van der Waals surface area contributed by atoms with Gasteiger partial charge in [0.1, 0.15) is 5.75 Å². The molecule has 1 atom stereocenters. The van der Waals surface area contributed by atoms with Gasteiger partial charge in [0.2, 0.25) is 5.91 Å². The number of benzene rings is 1. The average Bonchev–Trinajstić information content (AvgIpc) is 3.17. The highest BCUT2D eigenvalue weighted by molar-refractivity contribution is 5.99. The lowest BCUT2D eigenvalue weighted by Gasteiger charge is -2.19.